The summed E-state index contributed by atoms with van der Waals surface area (Å²) in [4.78, 5) is 84.6. The fourth-order valence-corrected chi connectivity index (χ4v) is 5.34. The lowest BCUT2D eigenvalue weighted by atomic mass is 9.85. The van der Waals surface area contributed by atoms with Crippen LogP contribution in [0.5, 0.6) is 0 Å². The quantitative estimate of drug-likeness (QED) is 0.260. The van der Waals surface area contributed by atoms with Gasteiger partial charge in [0.05, 0.1) is 41.9 Å². The number of hydrogen-bond acceptors (Lipinski definition) is 10. The van der Waals surface area contributed by atoms with E-state index in [1.807, 2.05) is 30.3 Å². The van der Waals surface area contributed by atoms with Crippen molar-refractivity contribution in [2.75, 3.05) is 0 Å². The van der Waals surface area contributed by atoms with Gasteiger partial charge in [-0.05, 0) is 24.6 Å². The standard InChI is InChI=1S/C28H23N3O9/c1-2-28(39-23(34)9-10-24(35)40-31-21(32)7-8-22(31)33)18-12-20-25-16(11-15-5-3-4-6-19(15)29-25)13-30(20)26(36)17(18)14-38-27(28)37/h3-6,11-12H,2,7-10,13-14H2,1H3. The molecule has 0 radical (unpaired) electrons. The van der Waals surface area contributed by atoms with Gasteiger partial charge in [-0.2, -0.15) is 0 Å². The van der Waals surface area contributed by atoms with Crippen molar-refractivity contribution in [1.82, 2.24) is 14.6 Å². The number of benzene rings is 1. The minimum Gasteiger partial charge on any atom is -0.457 e. The minimum atomic E-state index is -1.91. The number of pyridine rings is 2. The predicted molar refractivity (Wildman–Crippen MR) is 135 cm³/mol. The molecule has 12 nitrogen and oxygen atoms in total. The number of cyclic esters (lactones) is 1. The number of rotatable bonds is 6. The maximum atomic E-state index is 13.6. The fourth-order valence-electron chi connectivity index (χ4n) is 5.34. The summed E-state index contributed by atoms with van der Waals surface area (Å²) in [5, 5.41) is 1.32. The molecule has 204 valence electrons. The van der Waals surface area contributed by atoms with Gasteiger partial charge in [0.2, 0.25) is 5.60 Å². The summed E-state index contributed by atoms with van der Waals surface area (Å²) >= 11 is 0. The van der Waals surface area contributed by atoms with E-state index < -0.39 is 48.2 Å². The van der Waals surface area contributed by atoms with E-state index in [-0.39, 0.29) is 42.6 Å². The van der Waals surface area contributed by atoms with Crippen LogP contribution in [0, 0.1) is 0 Å². The Morgan fingerprint density at radius 3 is 2.50 bits per heavy atom. The molecule has 0 saturated carbocycles. The van der Waals surface area contributed by atoms with Gasteiger partial charge < -0.3 is 18.9 Å². The summed E-state index contributed by atoms with van der Waals surface area (Å²) in [5.41, 5.74) is 0.813. The molecule has 1 saturated heterocycles. The van der Waals surface area contributed by atoms with Crippen molar-refractivity contribution in [3.8, 4) is 11.4 Å². The highest BCUT2D eigenvalue weighted by molar-refractivity contribution is 6.01. The van der Waals surface area contributed by atoms with Crippen LogP contribution >= 0.6 is 0 Å². The Morgan fingerprint density at radius 2 is 1.75 bits per heavy atom. The average molecular weight is 546 g/mol. The topological polar surface area (TPSA) is 151 Å². The highest BCUT2D eigenvalue weighted by atomic mass is 16.7. The molecule has 3 aliphatic heterocycles. The van der Waals surface area contributed by atoms with Crippen molar-refractivity contribution in [2.45, 2.75) is 57.8 Å². The Bertz CT molecular complexity index is 1690. The lowest BCUT2D eigenvalue weighted by Gasteiger charge is -2.35. The Hall–Kier alpha value is -4.87. The molecule has 1 atom stereocenters. The molecule has 5 heterocycles. The van der Waals surface area contributed by atoms with E-state index in [2.05, 4.69) is 0 Å². The van der Waals surface area contributed by atoms with Crippen LogP contribution in [-0.2, 0) is 57.0 Å². The number of carbonyl (C=O) groups is 5. The number of esters is 2. The zero-order valence-electron chi connectivity index (χ0n) is 21.4. The molecule has 2 aromatic heterocycles. The summed E-state index contributed by atoms with van der Waals surface area (Å²) in [6.07, 6.45) is -1.16. The van der Waals surface area contributed by atoms with Crippen LogP contribution in [0.2, 0.25) is 0 Å². The van der Waals surface area contributed by atoms with Crippen LogP contribution in [0.15, 0.2) is 41.2 Å². The van der Waals surface area contributed by atoms with Crippen molar-refractivity contribution in [1.29, 1.82) is 0 Å². The number of hydroxylamine groups is 2. The lowest BCUT2D eigenvalue weighted by Crippen LogP contribution is -2.47. The van der Waals surface area contributed by atoms with Gasteiger partial charge in [0, 0.05) is 29.4 Å². The van der Waals surface area contributed by atoms with Crippen LogP contribution < -0.4 is 5.56 Å². The first kappa shape index (κ1) is 25.4. The number of amides is 2. The molecular weight excluding hydrogens is 522 g/mol. The van der Waals surface area contributed by atoms with Crippen LogP contribution in [-0.4, -0.2) is 44.3 Å². The van der Waals surface area contributed by atoms with Gasteiger partial charge in [-0.25, -0.2) is 14.6 Å². The zero-order valence-corrected chi connectivity index (χ0v) is 21.4. The van der Waals surface area contributed by atoms with Crippen molar-refractivity contribution < 1.29 is 38.3 Å². The van der Waals surface area contributed by atoms with Gasteiger partial charge in [-0.1, -0.05) is 25.1 Å². The van der Waals surface area contributed by atoms with E-state index in [0.29, 0.717) is 23.0 Å². The first-order valence-electron chi connectivity index (χ1n) is 12.8. The summed E-state index contributed by atoms with van der Waals surface area (Å²) in [6.45, 7) is 1.64. The number of para-hydroxylation sites is 1. The molecule has 0 aliphatic carbocycles. The lowest BCUT2D eigenvalue weighted by molar-refractivity contribution is -0.198. The molecule has 1 unspecified atom stereocenters. The highest BCUT2D eigenvalue weighted by Crippen LogP contribution is 2.41. The molecule has 3 aliphatic rings. The molecule has 2 amide bonds. The third-order valence-corrected chi connectivity index (χ3v) is 7.40. The van der Waals surface area contributed by atoms with Crippen molar-refractivity contribution >= 4 is 40.6 Å². The molecule has 6 rings (SSSR count). The van der Waals surface area contributed by atoms with Gasteiger partial charge in [-0.3, -0.25) is 19.2 Å². The van der Waals surface area contributed by atoms with E-state index in [9.17, 15) is 28.8 Å². The maximum absolute atomic E-state index is 13.6. The highest BCUT2D eigenvalue weighted by Gasteiger charge is 2.50. The molecule has 12 heteroatoms. The van der Waals surface area contributed by atoms with Gasteiger partial charge >= 0.3 is 17.9 Å². The number of aromatic nitrogens is 2. The number of imide groups is 1. The van der Waals surface area contributed by atoms with E-state index in [4.69, 9.17) is 19.3 Å². The van der Waals surface area contributed by atoms with Gasteiger partial charge in [0.15, 0.2) is 0 Å². The van der Waals surface area contributed by atoms with Gasteiger partial charge in [-0.15, -0.1) is 5.06 Å². The third-order valence-electron chi connectivity index (χ3n) is 7.40. The minimum absolute atomic E-state index is 0.0350. The summed E-state index contributed by atoms with van der Waals surface area (Å²) in [5.74, 6) is -4.03. The normalized spacial score (nSPS) is 19.2. The average Bonchev–Trinajstić information content (AvgIpc) is 3.46. The SMILES string of the molecule is CCC1(OC(=O)CCC(=O)ON2C(=O)CCC2=O)C(=O)OCc2c1cc1n(c2=O)Cc2cc3ccccc3nc2-1. The van der Waals surface area contributed by atoms with Crippen LogP contribution in [0.1, 0.15) is 55.7 Å². The zero-order chi connectivity index (χ0) is 28.2. The summed E-state index contributed by atoms with van der Waals surface area (Å²) in [6, 6.07) is 11.2. The Kier molecular flexibility index (Phi) is 5.97. The smallest absolute Gasteiger partial charge is 0.355 e. The first-order valence-corrected chi connectivity index (χ1v) is 12.8. The summed E-state index contributed by atoms with van der Waals surface area (Å²) in [7, 11) is 0. The fraction of sp³-hybridized carbons (Fsp3) is 0.321. The van der Waals surface area contributed by atoms with E-state index in [1.54, 1.807) is 17.6 Å². The second-order valence-corrected chi connectivity index (χ2v) is 9.78. The van der Waals surface area contributed by atoms with Crippen molar-refractivity contribution in [2.24, 2.45) is 0 Å². The number of nitrogens with zero attached hydrogens (tertiary/aromatic N) is 3. The Balaban J connectivity index is 1.29. The Labute approximate surface area is 226 Å². The number of ether oxygens (including phenoxy) is 2. The predicted octanol–water partition coefficient (Wildman–Crippen LogP) is 2.02. The molecular formula is C28H23N3O9. The molecule has 0 spiro atoms. The van der Waals surface area contributed by atoms with Crippen molar-refractivity contribution in [3.63, 3.8) is 0 Å². The first-order chi connectivity index (χ1) is 19.2. The molecule has 3 aromatic rings. The van der Waals surface area contributed by atoms with E-state index in [0.717, 1.165) is 16.5 Å². The monoisotopic (exact) mass is 545 g/mol. The second-order valence-electron chi connectivity index (χ2n) is 9.78. The molecule has 40 heavy (non-hydrogen) atoms. The van der Waals surface area contributed by atoms with Crippen LogP contribution in [0.4, 0.5) is 0 Å². The number of hydrogen-bond donors (Lipinski definition) is 0. The third kappa shape index (κ3) is 3.94. The molecule has 1 aromatic carbocycles. The summed E-state index contributed by atoms with van der Waals surface area (Å²) < 4.78 is 12.5. The maximum Gasteiger partial charge on any atom is 0.355 e. The Morgan fingerprint density at radius 1 is 1.02 bits per heavy atom. The molecule has 1 fully saturated rings. The van der Waals surface area contributed by atoms with Gasteiger partial charge in [0.25, 0.3) is 17.4 Å². The van der Waals surface area contributed by atoms with Crippen LogP contribution in [0.3, 0.4) is 0 Å². The van der Waals surface area contributed by atoms with E-state index in [1.165, 1.54) is 0 Å². The van der Waals surface area contributed by atoms with Gasteiger partial charge in [0.1, 0.15) is 6.61 Å². The molecule has 0 bridgehead atoms. The number of carbonyl (C=O) groups excluding carboxylic acids is 5. The molecule has 0 N–H and O–H groups in total. The second kappa shape index (κ2) is 9.40. The number of fused-ring (bicyclic) bond motifs is 5. The largest absolute Gasteiger partial charge is 0.457 e. The van der Waals surface area contributed by atoms with Crippen molar-refractivity contribution in [3.05, 3.63) is 63.4 Å². The van der Waals surface area contributed by atoms with E-state index >= 15 is 0 Å². The van der Waals surface area contributed by atoms with Crippen LogP contribution in [0.25, 0.3) is 22.3 Å².